The molecule has 0 aromatic carbocycles. The number of aliphatic hydroxyl groups is 1. The summed E-state index contributed by atoms with van der Waals surface area (Å²) < 4.78 is 2.06. The first kappa shape index (κ1) is 15.5. The average Bonchev–Trinajstić information content (AvgIpc) is 3.00. The molecule has 0 atom stereocenters. The van der Waals surface area contributed by atoms with Gasteiger partial charge in [0, 0.05) is 42.8 Å². The van der Waals surface area contributed by atoms with Gasteiger partial charge < -0.3 is 20.1 Å². The van der Waals surface area contributed by atoms with E-state index in [1.165, 1.54) is 0 Å². The summed E-state index contributed by atoms with van der Waals surface area (Å²) in [5.74, 6) is 0.174. The number of pyridine rings is 1. The SMILES string of the molecule is Cc1ncc(CO)c(CNCCCCn2ccnc2)c1O. The quantitative estimate of drug-likeness (QED) is 0.639. The Hall–Kier alpha value is -1.92. The average molecular weight is 290 g/mol. The van der Waals surface area contributed by atoms with Crippen molar-refractivity contribution < 1.29 is 10.2 Å². The van der Waals surface area contributed by atoms with Gasteiger partial charge in [-0.25, -0.2) is 4.98 Å². The number of hydrogen-bond acceptors (Lipinski definition) is 5. The Balaban J connectivity index is 1.74. The van der Waals surface area contributed by atoms with Crippen LogP contribution in [0.4, 0.5) is 0 Å². The molecule has 6 heteroatoms. The first-order valence-corrected chi connectivity index (χ1v) is 7.16. The molecule has 0 spiro atoms. The molecule has 0 unspecified atom stereocenters. The maximum atomic E-state index is 10.0. The van der Waals surface area contributed by atoms with Crippen molar-refractivity contribution in [3.63, 3.8) is 0 Å². The first-order chi connectivity index (χ1) is 10.2. The van der Waals surface area contributed by atoms with Crippen molar-refractivity contribution >= 4 is 0 Å². The zero-order valence-corrected chi connectivity index (χ0v) is 12.3. The van der Waals surface area contributed by atoms with E-state index in [0.29, 0.717) is 17.8 Å². The topological polar surface area (TPSA) is 83.2 Å². The molecule has 114 valence electrons. The van der Waals surface area contributed by atoms with Crippen LogP contribution in [0.3, 0.4) is 0 Å². The van der Waals surface area contributed by atoms with Crippen molar-refractivity contribution in [1.82, 2.24) is 19.9 Å². The maximum absolute atomic E-state index is 10.0. The van der Waals surface area contributed by atoms with Crippen molar-refractivity contribution in [2.24, 2.45) is 0 Å². The lowest BCUT2D eigenvalue weighted by Gasteiger charge is -2.12. The number of aliphatic hydroxyl groups excluding tert-OH is 1. The van der Waals surface area contributed by atoms with E-state index >= 15 is 0 Å². The molecule has 0 aliphatic carbocycles. The van der Waals surface area contributed by atoms with Gasteiger partial charge in [-0.2, -0.15) is 0 Å². The lowest BCUT2D eigenvalue weighted by Crippen LogP contribution is -2.17. The van der Waals surface area contributed by atoms with Crippen LogP contribution in [-0.2, 0) is 19.7 Å². The third kappa shape index (κ3) is 4.27. The molecule has 2 rings (SSSR count). The highest BCUT2D eigenvalue weighted by atomic mass is 16.3. The third-order valence-corrected chi connectivity index (χ3v) is 3.48. The van der Waals surface area contributed by atoms with Gasteiger partial charge in [0.2, 0.25) is 0 Å². The van der Waals surface area contributed by atoms with Crippen molar-refractivity contribution in [3.8, 4) is 5.75 Å². The largest absolute Gasteiger partial charge is 0.506 e. The van der Waals surface area contributed by atoms with Crippen LogP contribution in [0.2, 0.25) is 0 Å². The minimum atomic E-state index is -0.113. The fourth-order valence-corrected chi connectivity index (χ4v) is 2.19. The van der Waals surface area contributed by atoms with Crippen molar-refractivity contribution in [1.29, 1.82) is 0 Å². The van der Waals surface area contributed by atoms with Crippen LogP contribution in [0.25, 0.3) is 0 Å². The molecular weight excluding hydrogens is 268 g/mol. The summed E-state index contributed by atoms with van der Waals surface area (Å²) in [6, 6.07) is 0. The van der Waals surface area contributed by atoms with Gasteiger partial charge in [0.1, 0.15) is 5.75 Å². The van der Waals surface area contributed by atoms with Crippen LogP contribution in [0.1, 0.15) is 29.7 Å². The molecule has 0 aliphatic rings. The van der Waals surface area contributed by atoms with Gasteiger partial charge in [0.05, 0.1) is 18.6 Å². The molecule has 21 heavy (non-hydrogen) atoms. The summed E-state index contributed by atoms with van der Waals surface area (Å²) in [5.41, 5.74) is 1.99. The molecule has 3 N–H and O–H groups in total. The molecule has 0 amide bonds. The van der Waals surface area contributed by atoms with E-state index in [1.807, 2.05) is 12.5 Å². The molecule has 0 saturated heterocycles. The van der Waals surface area contributed by atoms with E-state index in [4.69, 9.17) is 0 Å². The van der Waals surface area contributed by atoms with Crippen LogP contribution < -0.4 is 5.32 Å². The Kier molecular flexibility index (Phi) is 5.71. The van der Waals surface area contributed by atoms with Gasteiger partial charge in [-0.15, -0.1) is 0 Å². The Labute approximate surface area is 124 Å². The Morgan fingerprint density at radius 3 is 2.90 bits per heavy atom. The second-order valence-electron chi connectivity index (χ2n) is 5.04. The van der Waals surface area contributed by atoms with Gasteiger partial charge in [-0.3, -0.25) is 4.98 Å². The van der Waals surface area contributed by atoms with E-state index in [9.17, 15) is 10.2 Å². The van der Waals surface area contributed by atoms with Crippen LogP contribution in [0.15, 0.2) is 24.9 Å². The number of aromatic nitrogens is 3. The Morgan fingerprint density at radius 2 is 2.19 bits per heavy atom. The van der Waals surface area contributed by atoms with Gasteiger partial charge in [0.15, 0.2) is 0 Å². The summed E-state index contributed by atoms with van der Waals surface area (Å²) in [6.45, 7) is 4.00. The molecule has 0 saturated carbocycles. The second kappa shape index (κ2) is 7.75. The lowest BCUT2D eigenvalue weighted by molar-refractivity contribution is 0.278. The number of aromatic hydroxyl groups is 1. The van der Waals surface area contributed by atoms with Crippen molar-refractivity contribution in [3.05, 3.63) is 41.7 Å². The van der Waals surface area contributed by atoms with Crippen LogP contribution in [0, 0.1) is 6.92 Å². The number of rotatable bonds is 8. The monoisotopic (exact) mass is 290 g/mol. The summed E-state index contributed by atoms with van der Waals surface area (Å²) in [7, 11) is 0. The standard InChI is InChI=1S/C15H22N4O2/c1-12-15(21)14(13(10-20)8-18-12)9-16-4-2-3-6-19-7-5-17-11-19/h5,7-8,11,16,20-21H,2-4,6,9-10H2,1H3. The maximum Gasteiger partial charge on any atom is 0.141 e. The fourth-order valence-electron chi connectivity index (χ4n) is 2.19. The Bertz CT molecular complexity index is 555. The van der Waals surface area contributed by atoms with E-state index in [1.54, 1.807) is 19.3 Å². The van der Waals surface area contributed by atoms with Crippen molar-refractivity contribution in [2.45, 2.75) is 39.5 Å². The molecule has 0 bridgehead atoms. The fraction of sp³-hybridized carbons (Fsp3) is 0.467. The number of nitrogens with one attached hydrogen (secondary N) is 1. The molecule has 0 fully saturated rings. The lowest BCUT2D eigenvalue weighted by atomic mass is 10.1. The van der Waals surface area contributed by atoms with Gasteiger partial charge in [-0.05, 0) is 26.3 Å². The second-order valence-corrected chi connectivity index (χ2v) is 5.04. The summed E-state index contributed by atoms with van der Waals surface area (Å²) >= 11 is 0. The zero-order valence-electron chi connectivity index (χ0n) is 12.3. The first-order valence-electron chi connectivity index (χ1n) is 7.16. The minimum absolute atomic E-state index is 0.113. The number of imidazole rings is 1. The number of hydrogen-bond donors (Lipinski definition) is 3. The zero-order chi connectivity index (χ0) is 15.1. The predicted octanol–water partition coefficient (Wildman–Crippen LogP) is 1.35. The highest BCUT2D eigenvalue weighted by molar-refractivity contribution is 5.40. The summed E-state index contributed by atoms with van der Waals surface area (Å²) in [4.78, 5) is 8.05. The highest BCUT2D eigenvalue weighted by Gasteiger charge is 2.10. The third-order valence-electron chi connectivity index (χ3n) is 3.48. The molecule has 6 nitrogen and oxygen atoms in total. The summed E-state index contributed by atoms with van der Waals surface area (Å²) in [5, 5.41) is 22.6. The van der Waals surface area contributed by atoms with Crippen LogP contribution in [-0.4, -0.2) is 31.3 Å². The molecular formula is C15H22N4O2. The van der Waals surface area contributed by atoms with E-state index < -0.39 is 0 Å². The van der Waals surface area contributed by atoms with E-state index in [-0.39, 0.29) is 12.4 Å². The smallest absolute Gasteiger partial charge is 0.141 e. The van der Waals surface area contributed by atoms with Crippen LogP contribution in [0.5, 0.6) is 5.75 Å². The summed E-state index contributed by atoms with van der Waals surface area (Å²) in [6.07, 6.45) is 9.28. The van der Waals surface area contributed by atoms with Gasteiger partial charge in [-0.1, -0.05) is 0 Å². The number of aryl methyl sites for hydroxylation is 2. The van der Waals surface area contributed by atoms with E-state index in [0.717, 1.165) is 31.5 Å². The molecule has 2 aromatic heterocycles. The molecule has 0 aliphatic heterocycles. The highest BCUT2D eigenvalue weighted by Crippen LogP contribution is 2.23. The van der Waals surface area contributed by atoms with Crippen LogP contribution >= 0.6 is 0 Å². The molecule has 2 aromatic rings. The van der Waals surface area contributed by atoms with Crippen molar-refractivity contribution in [2.75, 3.05) is 6.54 Å². The number of unbranched alkanes of at least 4 members (excludes halogenated alkanes) is 1. The van der Waals surface area contributed by atoms with E-state index in [2.05, 4.69) is 19.9 Å². The predicted molar refractivity (Wildman–Crippen MR) is 79.7 cm³/mol. The normalized spacial score (nSPS) is 11.0. The molecule has 0 radical (unpaired) electrons. The number of nitrogens with zero attached hydrogens (tertiary/aromatic N) is 3. The minimum Gasteiger partial charge on any atom is -0.506 e. The molecule has 2 heterocycles. The van der Waals surface area contributed by atoms with Gasteiger partial charge >= 0.3 is 0 Å². The Morgan fingerprint density at radius 1 is 1.33 bits per heavy atom. The van der Waals surface area contributed by atoms with Gasteiger partial charge in [0.25, 0.3) is 0 Å².